The van der Waals surface area contributed by atoms with Crippen molar-refractivity contribution in [3.05, 3.63) is 35.1 Å². The summed E-state index contributed by atoms with van der Waals surface area (Å²) in [6, 6.07) is 4.62. The molecule has 0 saturated carbocycles. The standard InChI is InChI=1S/C15H24FN3O2/c1-4-19(7-8-20)15(21)17-10-12-5-6-14(16)13(9-12)11-18(2)3/h5-6,9,20H,4,7-8,10-11H2,1-3H3,(H,17,21). The fraction of sp³-hybridized carbons (Fsp3) is 0.533. The van der Waals surface area contributed by atoms with Crippen LogP contribution in [0.1, 0.15) is 18.1 Å². The molecule has 0 bridgehead atoms. The van der Waals surface area contributed by atoms with Crippen LogP contribution >= 0.6 is 0 Å². The number of aliphatic hydroxyl groups is 1. The normalized spacial score (nSPS) is 10.8. The Balaban J connectivity index is 2.64. The predicted octanol–water partition coefficient (Wildman–Crippen LogP) is 1.41. The quantitative estimate of drug-likeness (QED) is 0.800. The molecule has 1 rings (SSSR count). The molecule has 1 aromatic carbocycles. The second-order valence-electron chi connectivity index (χ2n) is 5.13. The van der Waals surface area contributed by atoms with Gasteiger partial charge in [0, 0.05) is 31.7 Å². The summed E-state index contributed by atoms with van der Waals surface area (Å²) in [5.74, 6) is -0.241. The summed E-state index contributed by atoms with van der Waals surface area (Å²) in [5, 5.41) is 11.7. The first-order valence-corrected chi connectivity index (χ1v) is 7.03. The number of carbonyl (C=O) groups is 1. The van der Waals surface area contributed by atoms with Gasteiger partial charge in [-0.1, -0.05) is 6.07 Å². The number of nitrogens with one attached hydrogen (secondary N) is 1. The number of nitrogens with zero attached hydrogens (tertiary/aromatic N) is 2. The number of benzene rings is 1. The van der Waals surface area contributed by atoms with Gasteiger partial charge in [-0.3, -0.25) is 0 Å². The van der Waals surface area contributed by atoms with Crippen LogP contribution in [-0.2, 0) is 13.1 Å². The van der Waals surface area contributed by atoms with E-state index in [-0.39, 0.29) is 18.5 Å². The highest BCUT2D eigenvalue weighted by atomic mass is 19.1. The van der Waals surface area contributed by atoms with Gasteiger partial charge in [-0.05, 0) is 38.7 Å². The van der Waals surface area contributed by atoms with E-state index in [1.165, 1.54) is 11.0 Å². The lowest BCUT2D eigenvalue weighted by Gasteiger charge is -2.20. The minimum Gasteiger partial charge on any atom is -0.395 e. The van der Waals surface area contributed by atoms with Crippen molar-refractivity contribution < 1.29 is 14.3 Å². The average Bonchev–Trinajstić information content (AvgIpc) is 2.44. The lowest BCUT2D eigenvalue weighted by molar-refractivity contribution is 0.180. The van der Waals surface area contributed by atoms with E-state index in [1.54, 1.807) is 12.1 Å². The lowest BCUT2D eigenvalue weighted by atomic mass is 10.1. The van der Waals surface area contributed by atoms with Gasteiger partial charge in [0.2, 0.25) is 0 Å². The molecule has 0 spiro atoms. The number of hydrogen-bond acceptors (Lipinski definition) is 3. The minimum atomic E-state index is -0.241. The monoisotopic (exact) mass is 297 g/mol. The van der Waals surface area contributed by atoms with Crippen molar-refractivity contribution >= 4 is 6.03 Å². The van der Waals surface area contributed by atoms with Crippen LogP contribution in [0.15, 0.2) is 18.2 Å². The Kier molecular flexibility index (Phi) is 7.11. The van der Waals surface area contributed by atoms with Crippen molar-refractivity contribution in [2.24, 2.45) is 0 Å². The summed E-state index contributed by atoms with van der Waals surface area (Å²) in [6.45, 7) is 3.47. The van der Waals surface area contributed by atoms with Crippen LogP contribution in [0, 0.1) is 5.82 Å². The van der Waals surface area contributed by atoms with Gasteiger partial charge in [0.05, 0.1) is 6.61 Å². The smallest absolute Gasteiger partial charge is 0.317 e. The number of aliphatic hydroxyl groups excluding tert-OH is 1. The number of urea groups is 1. The number of likely N-dealkylation sites (N-methyl/N-ethyl adjacent to an activating group) is 1. The van der Waals surface area contributed by atoms with Gasteiger partial charge in [0.1, 0.15) is 5.82 Å². The van der Waals surface area contributed by atoms with Gasteiger partial charge in [0.15, 0.2) is 0 Å². The van der Waals surface area contributed by atoms with Gasteiger partial charge < -0.3 is 20.2 Å². The van der Waals surface area contributed by atoms with Crippen molar-refractivity contribution in [2.45, 2.75) is 20.0 Å². The maximum Gasteiger partial charge on any atom is 0.317 e. The molecular formula is C15H24FN3O2. The zero-order chi connectivity index (χ0) is 15.8. The molecule has 0 unspecified atom stereocenters. The number of carbonyl (C=O) groups excluding carboxylic acids is 1. The third kappa shape index (κ3) is 5.69. The summed E-state index contributed by atoms with van der Waals surface area (Å²) in [7, 11) is 3.75. The Morgan fingerprint density at radius 1 is 1.38 bits per heavy atom. The van der Waals surface area contributed by atoms with E-state index in [0.717, 1.165) is 5.56 Å². The van der Waals surface area contributed by atoms with Crippen LogP contribution in [0.2, 0.25) is 0 Å². The molecule has 0 aromatic heterocycles. The van der Waals surface area contributed by atoms with E-state index < -0.39 is 0 Å². The zero-order valence-corrected chi connectivity index (χ0v) is 12.9. The molecule has 2 amide bonds. The Labute approximate surface area is 125 Å². The molecule has 21 heavy (non-hydrogen) atoms. The van der Waals surface area contributed by atoms with Crippen LogP contribution in [0.4, 0.5) is 9.18 Å². The highest BCUT2D eigenvalue weighted by Crippen LogP contribution is 2.12. The largest absolute Gasteiger partial charge is 0.395 e. The van der Waals surface area contributed by atoms with Crippen molar-refractivity contribution in [3.8, 4) is 0 Å². The van der Waals surface area contributed by atoms with E-state index in [9.17, 15) is 9.18 Å². The van der Waals surface area contributed by atoms with Crippen molar-refractivity contribution in [1.29, 1.82) is 0 Å². The Hall–Kier alpha value is -1.66. The second kappa shape index (κ2) is 8.59. The first kappa shape index (κ1) is 17.4. The molecule has 0 heterocycles. The molecule has 0 aliphatic rings. The minimum absolute atomic E-state index is 0.0647. The molecule has 6 heteroatoms. The fourth-order valence-corrected chi connectivity index (χ4v) is 2.01. The first-order valence-electron chi connectivity index (χ1n) is 7.03. The van der Waals surface area contributed by atoms with Gasteiger partial charge >= 0.3 is 6.03 Å². The van der Waals surface area contributed by atoms with Crippen LogP contribution in [0.25, 0.3) is 0 Å². The zero-order valence-electron chi connectivity index (χ0n) is 12.9. The van der Waals surface area contributed by atoms with E-state index in [1.807, 2.05) is 25.9 Å². The van der Waals surface area contributed by atoms with E-state index >= 15 is 0 Å². The van der Waals surface area contributed by atoms with E-state index in [0.29, 0.717) is 31.7 Å². The summed E-state index contributed by atoms with van der Waals surface area (Å²) in [4.78, 5) is 15.3. The molecular weight excluding hydrogens is 273 g/mol. The Bertz CT molecular complexity index is 466. The summed E-state index contributed by atoms with van der Waals surface area (Å²) >= 11 is 0. The second-order valence-corrected chi connectivity index (χ2v) is 5.13. The third-order valence-electron chi connectivity index (χ3n) is 3.08. The molecule has 5 nitrogen and oxygen atoms in total. The molecule has 0 aliphatic heterocycles. The molecule has 0 fully saturated rings. The van der Waals surface area contributed by atoms with Gasteiger partial charge in [-0.2, -0.15) is 0 Å². The van der Waals surface area contributed by atoms with E-state index in [4.69, 9.17) is 5.11 Å². The van der Waals surface area contributed by atoms with Crippen LogP contribution in [0.5, 0.6) is 0 Å². The van der Waals surface area contributed by atoms with Crippen molar-refractivity contribution in [2.75, 3.05) is 33.8 Å². The van der Waals surface area contributed by atoms with Crippen LogP contribution in [-0.4, -0.2) is 54.7 Å². The number of rotatable bonds is 7. The SMILES string of the molecule is CCN(CCO)C(=O)NCc1ccc(F)c(CN(C)C)c1. The third-order valence-corrected chi connectivity index (χ3v) is 3.08. The van der Waals surface area contributed by atoms with Gasteiger partial charge in [-0.25, -0.2) is 9.18 Å². The summed E-state index contributed by atoms with van der Waals surface area (Å²) in [5.41, 5.74) is 1.45. The maximum atomic E-state index is 13.7. The first-order chi connectivity index (χ1) is 9.97. The Morgan fingerprint density at radius 2 is 2.10 bits per heavy atom. The molecule has 1 aromatic rings. The predicted molar refractivity (Wildman–Crippen MR) is 80.4 cm³/mol. The van der Waals surface area contributed by atoms with Crippen LogP contribution < -0.4 is 5.32 Å². The van der Waals surface area contributed by atoms with Crippen LogP contribution in [0.3, 0.4) is 0 Å². The molecule has 0 radical (unpaired) electrons. The Morgan fingerprint density at radius 3 is 2.67 bits per heavy atom. The fourth-order valence-electron chi connectivity index (χ4n) is 2.01. The average molecular weight is 297 g/mol. The molecule has 118 valence electrons. The topological polar surface area (TPSA) is 55.8 Å². The van der Waals surface area contributed by atoms with Gasteiger partial charge in [0.25, 0.3) is 0 Å². The highest BCUT2D eigenvalue weighted by molar-refractivity contribution is 5.74. The molecule has 0 aliphatic carbocycles. The molecule has 2 N–H and O–H groups in total. The van der Waals surface area contributed by atoms with Gasteiger partial charge in [-0.15, -0.1) is 0 Å². The number of halogens is 1. The van der Waals surface area contributed by atoms with Crippen molar-refractivity contribution in [3.63, 3.8) is 0 Å². The molecule has 0 atom stereocenters. The maximum absolute atomic E-state index is 13.7. The summed E-state index contributed by atoms with van der Waals surface area (Å²) in [6.07, 6.45) is 0. The lowest BCUT2D eigenvalue weighted by Crippen LogP contribution is -2.41. The number of amides is 2. The summed E-state index contributed by atoms with van der Waals surface area (Å²) < 4.78 is 13.7. The van der Waals surface area contributed by atoms with E-state index in [2.05, 4.69) is 5.32 Å². The number of hydrogen-bond donors (Lipinski definition) is 2. The van der Waals surface area contributed by atoms with Crippen molar-refractivity contribution in [1.82, 2.24) is 15.1 Å². The highest BCUT2D eigenvalue weighted by Gasteiger charge is 2.11. The molecule has 0 saturated heterocycles.